The molecule has 0 amide bonds. The summed E-state index contributed by atoms with van der Waals surface area (Å²) in [6, 6.07) is 16.6. The average Bonchev–Trinajstić information content (AvgIpc) is 2.64. The molecule has 0 spiro atoms. The molecule has 0 fully saturated rings. The summed E-state index contributed by atoms with van der Waals surface area (Å²) in [7, 11) is 4.06. The summed E-state index contributed by atoms with van der Waals surface area (Å²) in [6.45, 7) is 2.26. The molecule has 0 radical (unpaired) electrons. The lowest BCUT2D eigenvalue weighted by Gasteiger charge is -2.11. The Morgan fingerprint density at radius 3 is 1.76 bits per heavy atom. The fraction of sp³-hybridized carbons (Fsp3) is 0.455. The van der Waals surface area contributed by atoms with Gasteiger partial charge in [0.25, 0.3) is 0 Å². The first-order valence-electron chi connectivity index (χ1n) is 9.47. The highest BCUT2D eigenvalue weighted by Crippen LogP contribution is 2.22. The fourth-order valence-electron chi connectivity index (χ4n) is 2.77. The molecule has 0 aliphatic rings. The molecule has 0 bridgehead atoms. The smallest absolute Gasteiger partial charge is 0.0858 e. The Kier molecular flexibility index (Phi) is 8.17. The molecule has 0 aliphatic heterocycles. The Balaban J connectivity index is 1.79. The monoisotopic (exact) mass is 337 g/mol. The summed E-state index contributed by atoms with van der Waals surface area (Å²) >= 11 is 0. The zero-order valence-corrected chi connectivity index (χ0v) is 15.9. The van der Waals surface area contributed by atoms with E-state index in [4.69, 9.17) is 0 Å². The maximum atomic E-state index is 4.33. The minimum Gasteiger partial charge on any atom is -0.378 e. The van der Waals surface area contributed by atoms with Gasteiger partial charge >= 0.3 is 0 Å². The zero-order chi connectivity index (χ0) is 17.9. The lowest BCUT2D eigenvalue weighted by molar-refractivity contribution is 0.607. The topological polar surface area (TPSA) is 28.0 Å². The van der Waals surface area contributed by atoms with Crippen molar-refractivity contribution in [3.63, 3.8) is 0 Å². The molecule has 2 aromatic rings. The molecular weight excluding hydrogens is 306 g/mol. The zero-order valence-electron chi connectivity index (χ0n) is 15.9. The van der Waals surface area contributed by atoms with Gasteiger partial charge in [-0.3, -0.25) is 0 Å². The van der Waals surface area contributed by atoms with Gasteiger partial charge in [0.05, 0.1) is 11.4 Å². The number of aryl methyl sites for hydroxylation is 1. The van der Waals surface area contributed by atoms with Gasteiger partial charge in [-0.25, -0.2) is 0 Å². The van der Waals surface area contributed by atoms with Crippen LogP contribution in [0.2, 0.25) is 0 Å². The van der Waals surface area contributed by atoms with E-state index in [9.17, 15) is 0 Å². The van der Waals surface area contributed by atoms with Crippen LogP contribution in [0.5, 0.6) is 0 Å². The molecule has 0 saturated heterocycles. The largest absolute Gasteiger partial charge is 0.378 e. The predicted octanol–water partition coefficient (Wildman–Crippen LogP) is 7.07. The first-order chi connectivity index (χ1) is 12.2. The van der Waals surface area contributed by atoms with Crippen molar-refractivity contribution in [2.45, 2.75) is 51.9 Å². The van der Waals surface area contributed by atoms with Crippen LogP contribution < -0.4 is 4.90 Å². The molecule has 2 aromatic carbocycles. The second-order valence-corrected chi connectivity index (χ2v) is 6.80. The van der Waals surface area contributed by atoms with Crippen LogP contribution in [0.4, 0.5) is 17.1 Å². The van der Waals surface area contributed by atoms with Crippen LogP contribution in [-0.4, -0.2) is 14.1 Å². The summed E-state index contributed by atoms with van der Waals surface area (Å²) < 4.78 is 0. The SMILES string of the molecule is CCCCCCCCc1ccc(N=Nc2ccc(N(C)C)cc2)cc1. The van der Waals surface area contributed by atoms with Gasteiger partial charge in [0.15, 0.2) is 0 Å². The Morgan fingerprint density at radius 2 is 1.20 bits per heavy atom. The quantitative estimate of drug-likeness (QED) is 0.336. The molecule has 0 aliphatic carbocycles. The molecule has 25 heavy (non-hydrogen) atoms. The number of nitrogens with zero attached hydrogens (tertiary/aromatic N) is 3. The predicted molar refractivity (Wildman–Crippen MR) is 108 cm³/mol. The van der Waals surface area contributed by atoms with Gasteiger partial charge in [0.1, 0.15) is 0 Å². The third kappa shape index (κ3) is 7.08. The highest BCUT2D eigenvalue weighted by molar-refractivity contribution is 5.52. The van der Waals surface area contributed by atoms with Crippen molar-refractivity contribution in [2.75, 3.05) is 19.0 Å². The van der Waals surface area contributed by atoms with Crippen molar-refractivity contribution in [1.29, 1.82) is 0 Å². The highest BCUT2D eigenvalue weighted by atomic mass is 15.1. The Bertz CT molecular complexity index is 627. The lowest BCUT2D eigenvalue weighted by atomic mass is 10.0. The molecule has 0 heterocycles. The second kappa shape index (κ2) is 10.7. The van der Waals surface area contributed by atoms with E-state index in [0.717, 1.165) is 23.5 Å². The number of hydrogen-bond acceptors (Lipinski definition) is 3. The number of rotatable bonds is 10. The molecule has 0 saturated carbocycles. The van der Waals surface area contributed by atoms with Gasteiger partial charge in [-0.05, 0) is 54.8 Å². The Labute approximate surface area is 152 Å². The maximum Gasteiger partial charge on any atom is 0.0858 e. The third-order valence-electron chi connectivity index (χ3n) is 4.40. The number of anilines is 1. The number of hydrogen-bond donors (Lipinski definition) is 0. The molecular formula is C22H31N3. The molecule has 0 atom stereocenters. The van der Waals surface area contributed by atoms with Crippen LogP contribution in [0.1, 0.15) is 51.0 Å². The third-order valence-corrected chi connectivity index (χ3v) is 4.40. The molecule has 0 unspecified atom stereocenters. The lowest BCUT2D eigenvalue weighted by Crippen LogP contribution is -2.07. The van der Waals surface area contributed by atoms with Crippen LogP contribution in [0.3, 0.4) is 0 Å². The molecule has 2 rings (SSSR count). The van der Waals surface area contributed by atoms with Gasteiger partial charge < -0.3 is 4.90 Å². The molecule has 0 N–H and O–H groups in total. The van der Waals surface area contributed by atoms with Crippen molar-refractivity contribution in [2.24, 2.45) is 10.2 Å². The molecule has 134 valence electrons. The first-order valence-corrected chi connectivity index (χ1v) is 9.47. The van der Waals surface area contributed by atoms with Crippen molar-refractivity contribution in [3.8, 4) is 0 Å². The van der Waals surface area contributed by atoms with E-state index >= 15 is 0 Å². The van der Waals surface area contributed by atoms with Gasteiger partial charge in [0.2, 0.25) is 0 Å². The van der Waals surface area contributed by atoms with Gasteiger partial charge in [0, 0.05) is 19.8 Å². The molecule has 3 heteroatoms. The van der Waals surface area contributed by atoms with E-state index in [0.29, 0.717) is 0 Å². The van der Waals surface area contributed by atoms with Crippen LogP contribution in [-0.2, 0) is 6.42 Å². The fourth-order valence-corrected chi connectivity index (χ4v) is 2.77. The van der Waals surface area contributed by atoms with Crippen LogP contribution in [0.25, 0.3) is 0 Å². The van der Waals surface area contributed by atoms with E-state index in [1.54, 1.807) is 0 Å². The summed E-state index contributed by atoms with van der Waals surface area (Å²) in [5, 5.41) is 8.65. The van der Waals surface area contributed by atoms with Crippen molar-refractivity contribution in [3.05, 3.63) is 54.1 Å². The summed E-state index contributed by atoms with van der Waals surface area (Å²) in [6.07, 6.45) is 9.22. The summed E-state index contributed by atoms with van der Waals surface area (Å²) in [5.74, 6) is 0. The minimum absolute atomic E-state index is 0.877. The van der Waals surface area contributed by atoms with Crippen molar-refractivity contribution >= 4 is 17.1 Å². The normalized spacial score (nSPS) is 11.2. The van der Waals surface area contributed by atoms with Crippen LogP contribution in [0.15, 0.2) is 58.8 Å². The second-order valence-electron chi connectivity index (χ2n) is 6.80. The van der Waals surface area contributed by atoms with Crippen LogP contribution in [0, 0.1) is 0 Å². The van der Waals surface area contributed by atoms with E-state index in [-0.39, 0.29) is 0 Å². The number of azo groups is 1. The average molecular weight is 338 g/mol. The van der Waals surface area contributed by atoms with Gasteiger partial charge in [-0.15, -0.1) is 0 Å². The number of benzene rings is 2. The van der Waals surface area contributed by atoms with Gasteiger partial charge in [-0.2, -0.15) is 10.2 Å². The van der Waals surface area contributed by atoms with Crippen molar-refractivity contribution < 1.29 is 0 Å². The summed E-state index contributed by atoms with van der Waals surface area (Å²) in [5.41, 5.74) is 4.34. The molecule has 3 nitrogen and oxygen atoms in total. The van der Waals surface area contributed by atoms with E-state index in [1.165, 1.54) is 44.1 Å². The van der Waals surface area contributed by atoms with E-state index in [1.807, 2.05) is 26.2 Å². The van der Waals surface area contributed by atoms with E-state index < -0.39 is 0 Å². The first kappa shape index (κ1) is 19.2. The standard InChI is InChI=1S/C22H31N3/c1-4-5-6-7-8-9-10-19-11-13-20(14-12-19)23-24-21-15-17-22(18-16-21)25(2)3/h11-18H,4-10H2,1-3H3. The Hall–Kier alpha value is -2.16. The maximum absolute atomic E-state index is 4.33. The molecule has 0 aromatic heterocycles. The summed E-state index contributed by atoms with van der Waals surface area (Å²) in [4.78, 5) is 2.07. The van der Waals surface area contributed by atoms with Gasteiger partial charge in [-0.1, -0.05) is 51.2 Å². The van der Waals surface area contributed by atoms with Crippen molar-refractivity contribution in [1.82, 2.24) is 0 Å². The minimum atomic E-state index is 0.877. The van der Waals surface area contributed by atoms with E-state index in [2.05, 4.69) is 58.5 Å². The van der Waals surface area contributed by atoms with Crippen LogP contribution >= 0.6 is 0 Å². The highest BCUT2D eigenvalue weighted by Gasteiger charge is 1.97. The Morgan fingerprint density at radius 1 is 0.680 bits per heavy atom. The number of unbranched alkanes of at least 4 members (excludes halogenated alkanes) is 5.